The van der Waals surface area contributed by atoms with Gasteiger partial charge in [0.15, 0.2) is 0 Å². The Hall–Kier alpha value is -2.80. The number of nitrogens with zero attached hydrogens (tertiary/aromatic N) is 1. The molecule has 2 amide bonds. The SMILES string of the molecule is CC1CCN(Cc2ccc(CNC(=O)CCCNC(=O)c3ccc(F)cc3F)cc2)CC1. The van der Waals surface area contributed by atoms with Crippen LogP contribution >= 0.6 is 0 Å². The lowest BCUT2D eigenvalue weighted by atomic mass is 9.99. The summed E-state index contributed by atoms with van der Waals surface area (Å²) in [5, 5.41) is 5.42. The molecule has 0 unspecified atom stereocenters. The topological polar surface area (TPSA) is 61.4 Å². The third-order valence-corrected chi connectivity index (χ3v) is 5.84. The molecular formula is C25H31F2N3O2. The molecule has 2 aromatic carbocycles. The third-order valence-electron chi connectivity index (χ3n) is 5.84. The van der Waals surface area contributed by atoms with Gasteiger partial charge in [0.25, 0.3) is 5.91 Å². The third kappa shape index (κ3) is 7.41. The summed E-state index contributed by atoms with van der Waals surface area (Å²) in [6.45, 7) is 6.26. The molecule has 0 atom stereocenters. The number of hydrogen-bond acceptors (Lipinski definition) is 3. The molecule has 0 saturated carbocycles. The number of nitrogens with one attached hydrogen (secondary N) is 2. The van der Waals surface area contributed by atoms with Crippen molar-refractivity contribution in [3.05, 3.63) is 70.8 Å². The van der Waals surface area contributed by atoms with Gasteiger partial charge in [-0.2, -0.15) is 0 Å². The maximum atomic E-state index is 13.6. The zero-order valence-electron chi connectivity index (χ0n) is 18.5. The minimum atomic E-state index is -0.906. The van der Waals surface area contributed by atoms with Crippen molar-refractivity contribution in [1.82, 2.24) is 15.5 Å². The molecule has 32 heavy (non-hydrogen) atoms. The lowest BCUT2D eigenvalue weighted by molar-refractivity contribution is -0.121. The highest BCUT2D eigenvalue weighted by atomic mass is 19.1. The first-order valence-electron chi connectivity index (χ1n) is 11.2. The first-order chi connectivity index (χ1) is 15.4. The van der Waals surface area contributed by atoms with Crippen molar-refractivity contribution in [2.45, 2.75) is 45.7 Å². The van der Waals surface area contributed by atoms with Gasteiger partial charge in [0.1, 0.15) is 11.6 Å². The van der Waals surface area contributed by atoms with Crippen molar-refractivity contribution in [3.63, 3.8) is 0 Å². The van der Waals surface area contributed by atoms with E-state index in [1.54, 1.807) is 0 Å². The molecule has 1 fully saturated rings. The van der Waals surface area contributed by atoms with E-state index in [2.05, 4.69) is 34.6 Å². The summed E-state index contributed by atoms with van der Waals surface area (Å²) in [6, 6.07) is 11.1. The van der Waals surface area contributed by atoms with E-state index in [1.165, 1.54) is 18.4 Å². The Morgan fingerprint density at radius 3 is 2.38 bits per heavy atom. The van der Waals surface area contributed by atoms with Gasteiger partial charge in [-0.3, -0.25) is 14.5 Å². The Morgan fingerprint density at radius 2 is 1.69 bits per heavy atom. The van der Waals surface area contributed by atoms with Crippen LogP contribution in [0.25, 0.3) is 0 Å². The molecule has 2 N–H and O–H groups in total. The lowest BCUT2D eigenvalue weighted by Gasteiger charge is -2.30. The Balaban J connectivity index is 1.32. The summed E-state index contributed by atoms with van der Waals surface area (Å²) in [6.07, 6.45) is 3.19. The maximum absolute atomic E-state index is 13.6. The van der Waals surface area contributed by atoms with Crippen LogP contribution in [0, 0.1) is 17.6 Å². The highest BCUT2D eigenvalue weighted by Gasteiger charge is 2.15. The number of likely N-dealkylation sites (tertiary alicyclic amines) is 1. The predicted octanol–water partition coefficient (Wildman–Crippen LogP) is 4.02. The van der Waals surface area contributed by atoms with Crippen molar-refractivity contribution < 1.29 is 18.4 Å². The lowest BCUT2D eigenvalue weighted by Crippen LogP contribution is -2.32. The fourth-order valence-corrected chi connectivity index (χ4v) is 3.75. The van der Waals surface area contributed by atoms with Crippen molar-refractivity contribution in [1.29, 1.82) is 0 Å². The van der Waals surface area contributed by atoms with Crippen LogP contribution in [0.15, 0.2) is 42.5 Å². The normalized spacial score (nSPS) is 14.8. The van der Waals surface area contributed by atoms with E-state index in [-0.39, 0.29) is 24.4 Å². The number of benzene rings is 2. The molecule has 1 heterocycles. The fourth-order valence-electron chi connectivity index (χ4n) is 3.75. The smallest absolute Gasteiger partial charge is 0.254 e. The number of piperidine rings is 1. The predicted molar refractivity (Wildman–Crippen MR) is 120 cm³/mol. The highest BCUT2D eigenvalue weighted by Crippen LogP contribution is 2.18. The molecule has 1 aliphatic heterocycles. The summed E-state index contributed by atoms with van der Waals surface area (Å²) >= 11 is 0. The quantitative estimate of drug-likeness (QED) is 0.576. The fraction of sp³-hybridized carbons (Fsp3) is 0.440. The van der Waals surface area contributed by atoms with E-state index in [1.807, 2.05) is 12.1 Å². The first-order valence-corrected chi connectivity index (χ1v) is 11.2. The minimum Gasteiger partial charge on any atom is -0.352 e. The van der Waals surface area contributed by atoms with Crippen LogP contribution in [-0.4, -0.2) is 36.3 Å². The molecular weight excluding hydrogens is 412 g/mol. The second-order valence-electron chi connectivity index (χ2n) is 8.54. The number of hydrogen-bond donors (Lipinski definition) is 2. The van der Waals surface area contributed by atoms with Crippen LogP contribution < -0.4 is 10.6 Å². The summed E-state index contributed by atoms with van der Waals surface area (Å²) in [7, 11) is 0. The zero-order valence-corrected chi connectivity index (χ0v) is 18.5. The van der Waals surface area contributed by atoms with Crippen LogP contribution in [0.4, 0.5) is 8.78 Å². The van der Waals surface area contributed by atoms with Gasteiger partial charge in [-0.25, -0.2) is 8.78 Å². The van der Waals surface area contributed by atoms with Gasteiger partial charge in [-0.15, -0.1) is 0 Å². The molecule has 0 radical (unpaired) electrons. The summed E-state index contributed by atoms with van der Waals surface area (Å²) in [4.78, 5) is 26.5. The van der Waals surface area contributed by atoms with E-state index in [0.29, 0.717) is 19.0 Å². The molecule has 0 bridgehead atoms. The number of amides is 2. The molecule has 172 valence electrons. The Kier molecular flexibility index (Phi) is 8.73. The standard InChI is InChI=1S/C25H31F2N3O2/c1-18-10-13-30(14-11-18)17-20-6-4-19(5-7-20)16-29-24(31)3-2-12-28-25(32)22-9-8-21(26)15-23(22)27/h4-9,15,18H,2-3,10-14,16-17H2,1H3,(H,28,32)(H,29,31). The molecule has 3 rings (SSSR count). The van der Waals surface area contributed by atoms with Crippen molar-refractivity contribution in [2.75, 3.05) is 19.6 Å². The van der Waals surface area contributed by atoms with Crippen LogP contribution in [0.1, 0.15) is 54.1 Å². The molecule has 5 nitrogen and oxygen atoms in total. The van der Waals surface area contributed by atoms with Crippen molar-refractivity contribution in [2.24, 2.45) is 5.92 Å². The van der Waals surface area contributed by atoms with Gasteiger partial charge < -0.3 is 10.6 Å². The largest absolute Gasteiger partial charge is 0.352 e. The maximum Gasteiger partial charge on any atom is 0.254 e. The van der Waals surface area contributed by atoms with Gasteiger partial charge >= 0.3 is 0 Å². The van der Waals surface area contributed by atoms with Crippen molar-refractivity contribution >= 4 is 11.8 Å². The summed E-state index contributed by atoms with van der Waals surface area (Å²) in [5.74, 6) is -1.55. The highest BCUT2D eigenvalue weighted by molar-refractivity contribution is 5.94. The Bertz CT molecular complexity index is 910. The van der Waals surface area contributed by atoms with E-state index in [0.717, 1.165) is 43.2 Å². The molecule has 1 aliphatic rings. The van der Waals surface area contributed by atoms with E-state index >= 15 is 0 Å². The monoisotopic (exact) mass is 443 g/mol. The van der Waals surface area contributed by atoms with Crippen molar-refractivity contribution in [3.8, 4) is 0 Å². The molecule has 0 aliphatic carbocycles. The van der Waals surface area contributed by atoms with Gasteiger partial charge in [0.2, 0.25) is 5.91 Å². The van der Waals surface area contributed by atoms with Crippen LogP contribution in [0.2, 0.25) is 0 Å². The second-order valence-corrected chi connectivity index (χ2v) is 8.54. The molecule has 1 saturated heterocycles. The molecule has 0 spiro atoms. The summed E-state index contributed by atoms with van der Waals surface area (Å²) in [5.41, 5.74) is 2.10. The van der Waals surface area contributed by atoms with E-state index in [4.69, 9.17) is 0 Å². The van der Waals surface area contributed by atoms with Crippen LogP contribution in [-0.2, 0) is 17.9 Å². The van der Waals surface area contributed by atoms with E-state index < -0.39 is 17.5 Å². The average Bonchev–Trinajstić information content (AvgIpc) is 2.77. The zero-order chi connectivity index (χ0) is 22.9. The molecule has 0 aromatic heterocycles. The van der Waals surface area contributed by atoms with Gasteiger partial charge in [-0.05, 0) is 61.5 Å². The molecule has 2 aromatic rings. The first kappa shape index (κ1) is 23.9. The number of rotatable bonds is 9. The minimum absolute atomic E-state index is 0.112. The van der Waals surface area contributed by atoms with E-state index in [9.17, 15) is 18.4 Å². The Morgan fingerprint density at radius 1 is 1.00 bits per heavy atom. The van der Waals surface area contributed by atoms with Crippen LogP contribution in [0.5, 0.6) is 0 Å². The van der Waals surface area contributed by atoms with Gasteiger partial charge in [0, 0.05) is 32.1 Å². The second kappa shape index (κ2) is 11.7. The Labute approximate surface area is 188 Å². The number of carbonyl (C=O) groups is 2. The molecule has 7 heteroatoms. The number of halogens is 2. The average molecular weight is 444 g/mol. The summed E-state index contributed by atoms with van der Waals surface area (Å²) < 4.78 is 26.5. The van der Waals surface area contributed by atoms with Gasteiger partial charge in [0.05, 0.1) is 5.56 Å². The van der Waals surface area contributed by atoms with Crippen LogP contribution in [0.3, 0.4) is 0 Å². The van der Waals surface area contributed by atoms with Gasteiger partial charge in [-0.1, -0.05) is 31.2 Å². The number of carbonyl (C=O) groups excluding carboxylic acids is 2.